The molecule has 1 aliphatic rings. The van der Waals surface area contributed by atoms with Gasteiger partial charge in [0.1, 0.15) is 17.2 Å². The van der Waals surface area contributed by atoms with Crippen LogP contribution in [0, 0.1) is 5.82 Å². The van der Waals surface area contributed by atoms with Crippen LogP contribution in [0.4, 0.5) is 10.1 Å². The van der Waals surface area contributed by atoms with Gasteiger partial charge in [-0.05, 0) is 111 Å². The third kappa shape index (κ3) is 15.0. The predicted molar refractivity (Wildman–Crippen MR) is 254 cm³/mol. The van der Waals surface area contributed by atoms with E-state index in [0.29, 0.717) is 79.2 Å². The van der Waals surface area contributed by atoms with Gasteiger partial charge in [0.2, 0.25) is 10.0 Å². The molecular weight excluding hydrogens is 868 g/mol. The molecule has 0 aliphatic heterocycles. The molecule has 1 N–H and O–H groups in total. The van der Waals surface area contributed by atoms with Gasteiger partial charge in [0, 0.05) is 49.4 Å². The Morgan fingerprint density at radius 2 is 1.33 bits per heavy atom. The summed E-state index contributed by atoms with van der Waals surface area (Å²) in [4.78, 5) is 36.4. The molecular formula is C51H63FN2O11S. The average molecular weight is 931 g/mol. The second-order valence-electron chi connectivity index (χ2n) is 15.9. The summed E-state index contributed by atoms with van der Waals surface area (Å²) in [7, 11) is -0.831. The van der Waals surface area contributed by atoms with Crippen molar-refractivity contribution < 1.29 is 55.3 Å². The Kier molecular flexibility index (Phi) is 20.3. The van der Waals surface area contributed by atoms with Crippen molar-refractivity contribution in [3.63, 3.8) is 0 Å². The fraction of sp³-hybridized carbons (Fsp3) is 0.431. The molecule has 0 radical (unpaired) electrons. The molecule has 0 atom stereocenters. The quantitative estimate of drug-likeness (QED) is 0.0320. The fourth-order valence-electron chi connectivity index (χ4n) is 7.50. The van der Waals surface area contributed by atoms with Crippen LogP contribution in [0.1, 0.15) is 99.6 Å². The first kappa shape index (κ1) is 51.5. The number of benzene rings is 4. The molecule has 0 saturated heterocycles. The summed E-state index contributed by atoms with van der Waals surface area (Å²) in [6.07, 6.45) is 7.17. The Morgan fingerprint density at radius 1 is 0.773 bits per heavy atom. The summed E-state index contributed by atoms with van der Waals surface area (Å²) in [5.74, 6) is -0.589. The third-order valence-electron chi connectivity index (χ3n) is 10.9. The lowest BCUT2D eigenvalue weighted by atomic mass is 10.0. The van der Waals surface area contributed by atoms with Gasteiger partial charge in [-0.25, -0.2) is 17.6 Å². The number of rotatable bonds is 26. The summed E-state index contributed by atoms with van der Waals surface area (Å²) < 4.78 is 74.4. The van der Waals surface area contributed by atoms with E-state index in [2.05, 4.69) is 12.2 Å². The van der Waals surface area contributed by atoms with Crippen LogP contribution in [0.2, 0.25) is 0 Å². The lowest BCUT2D eigenvalue weighted by Gasteiger charge is -2.25. The van der Waals surface area contributed by atoms with Crippen molar-refractivity contribution in [2.45, 2.75) is 64.7 Å². The van der Waals surface area contributed by atoms with Crippen molar-refractivity contribution in [1.82, 2.24) is 5.32 Å². The maximum Gasteiger partial charge on any atom is 0.338 e. The molecule has 356 valence electrons. The number of halogens is 1. The van der Waals surface area contributed by atoms with Gasteiger partial charge in [0.25, 0.3) is 5.91 Å². The first-order chi connectivity index (χ1) is 31.9. The third-order valence-corrected chi connectivity index (χ3v) is 12.1. The zero-order valence-electron chi connectivity index (χ0n) is 38.7. The molecule has 13 nitrogen and oxygen atoms in total. The van der Waals surface area contributed by atoms with Crippen LogP contribution in [-0.2, 0) is 46.5 Å². The first-order valence-electron chi connectivity index (χ1n) is 22.5. The molecule has 15 heteroatoms. The highest BCUT2D eigenvalue weighted by Crippen LogP contribution is 2.48. The Bertz CT molecular complexity index is 2470. The van der Waals surface area contributed by atoms with Gasteiger partial charge in [0.05, 0.1) is 69.8 Å². The fourth-order valence-corrected chi connectivity index (χ4v) is 8.42. The number of nitrogens with zero attached hydrogens (tertiary/aromatic N) is 1. The molecule has 0 unspecified atom stereocenters. The number of amides is 1. The summed E-state index contributed by atoms with van der Waals surface area (Å²) in [6.45, 7) is 7.81. The number of anilines is 1. The minimum Gasteiger partial charge on any atom is -0.465 e. The Morgan fingerprint density at radius 3 is 1.88 bits per heavy atom. The highest BCUT2D eigenvalue weighted by molar-refractivity contribution is 7.92. The summed E-state index contributed by atoms with van der Waals surface area (Å²) in [6, 6.07) is 24.3. The molecule has 1 aliphatic carbocycles. The molecule has 4 aromatic carbocycles. The largest absolute Gasteiger partial charge is 0.465 e. The maximum absolute atomic E-state index is 13.7. The number of ether oxygens (including phenoxy) is 5. The minimum absolute atomic E-state index is 0.0716. The Labute approximate surface area is 387 Å². The number of ketones is 1. The number of sulfonamides is 1. The number of hydrogen-bond acceptors (Lipinski definition) is 11. The molecule has 0 spiro atoms. The van der Waals surface area contributed by atoms with Crippen LogP contribution in [-0.4, -0.2) is 106 Å². The number of Topliss-reactive ketones (excluding diaryl/α,β-unsaturated/α-hetero) is 1. The van der Waals surface area contributed by atoms with E-state index in [0.717, 1.165) is 67.2 Å². The summed E-state index contributed by atoms with van der Waals surface area (Å²) >= 11 is 0. The number of nitrogens with one attached hydrogen (secondary N) is 1. The molecule has 1 fully saturated rings. The number of furan rings is 1. The van der Waals surface area contributed by atoms with Gasteiger partial charge in [-0.15, -0.1) is 0 Å². The standard InChI is InChI=1S/C35H39FN2O8S.C16H24O3/c1-37-34(39)32-29-21-28(24-10-11-24)30(22-31(29)46-33(32)25-12-14-26(36)15-13-25)38(47(3,41)42)16-18-45-20-19-44-17-6-8-23-7-4-5-9-27(23)35(40)43-2;1-3-10-18-12-13-19-11-6-8-15-7-4-5-9-16(15)14(2)17/h4-5,7,9,12-15,21-22,24H,6,8,10-11,16-20H2,1-3H3,(H,37,39);4-5,7,9H,3,6,8,10-13H2,1-2H3. The molecule has 1 saturated carbocycles. The van der Waals surface area contributed by atoms with Crippen LogP contribution in [0.5, 0.6) is 0 Å². The van der Waals surface area contributed by atoms with E-state index in [9.17, 15) is 27.2 Å². The average Bonchev–Trinajstić information content (AvgIpc) is 4.10. The van der Waals surface area contributed by atoms with Gasteiger partial charge < -0.3 is 33.4 Å². The molecule has 0 bridgehead atoms. The zero-order chi connectivity index (χ0) is 47.5. The van der Waals surface area contributed by atoms with E-state index < -0.39 is 15.8 Å². The smallest absolute Gasteiger partial charge is 0.338 e. The maximum atomic E-state index is 13.7. The van der Waals surface area contributed by atoms with E-state index in [4.69, 9.17) is 28.1 Å². The predicted octanol–water partition coefficient (Wildman–Crippen LogP) is 8.96. The van der Waals surface area contributed by atoms with Gasteiger partial charge in [-0.1, -0.05) is 49.4 Å². The van der Waals surface area contributed by atoms with Gasteiger partial charge in [-0.3, -0.25) is 13.9 Å². The number of esters is 1. The molecule has 1 amide bonds. The second-order valence-corrected chi connectivity index (χ2v) is 17.8. The van der Waals surface area contributed by atoms with Crippen molar-refractivity contribution in [3.05, 3.63) is 124 Å². The van der Waals surface area contributed by atoms with Crippen molar-refractivity contribution >= 4 is 44.3 Å². The first-order valence-corrected chi connectivity index (χ1v) is 24.3. The monoisotopic (exact) mass is 930 g/mol. The number of methoxy groups -OCH3 is 1. The summed E-state index contributed by atoms with van der Waals surface area (Å²) in [5, 5.41) is 3.22. The number of carbonyl (C=O) groups is 3. The van der Waals surface area contributed by atoms with Crippen LogP contribution >= 0.6 is 0 Å². The van der Waals surface area contributed by atoms with Crippen LogP contribution in [0.25, 0.3) is 22.3 Å². The number of hydrogen-bond donors (Lipinski definition) is 1. The Hall–Kier alpha value is -5.45. The van der Waals surface area contributed by atoms with Gasteiger partial charge >= 0.3 is 5.97 Å². The van der Waals surface area contributed by atoms with E-state index in [1.807, 2.05) is 42.5 Å². The van der Waals surface area contributed by atoms with Crippen molar-refractivity contribution in [2.75, 3.05) is 84.1 Å². The van der Waals surface area contributed by atoms with E-state index in [1.54, 1.807) is 25.1 Å². The lowest BCUT2D eigenvalue weighted by Crippen LogP contribution is -2.34. The number of aryl methyl sites for hydroxylation is 2. The van der Waals surface area contributed by atoms with Crippen molar-refractivity contribution in [2.24, 2.45) is 0 Å². The van der Waals surface area contributed by atoms with Gasteiger partial charge in [0.15, 0.2) is 5.78 Å². The second kappa shape index (κ2) is 26.0. The van der Waals surface area contributed by atoms with Crippen LogP contribution in [0.15, 0.2) is 89.3 Å². The molecule has 1 heterocycles. The highest BCUT2D eigenvalue weighted by Gasteiger charge is 2.33. The Balaban J connectivity index is 0.000000360. The van der Waals surface area contributed by atoms with E-state index in [-0.39, 0.29) is 49.1 Å². The topological polar surface area (TPSA) is 160 Å². The van der Waals surface area contributed by atoms with Crippen molar-refractivity contribution in [3.8, 4) is 11.3 Å². The highest BCUT2D eigenvalue weighted by atomic mass is 32.2. The summed E-state index contributed by atoms with van der Waals surface area (Å²) in [5.41, 5.74) is 5.87. The van der Waals surface area contributed by atoms with E-state index in [1.165, 1.54) is 42.7 Å². The zero-order valence-corrected chi connectivity index (χ0v) is 39.5. The van der Waals surface area contributed by atoms with Crippen LogP contribution in [0.3, 0.4) is 0 Å². The molecule has 6 rings (SSSR count). The minimum atomic E-state index is -3.71. The SMILES string of the molecule is CCCOCCOCCCc1ccccc1C(C)=O.CNC(=O)c1c(-c2ccc(F)cc2)oc2cc(N(CCOCCOCCCc3ccccc3C(=O)OC)S(C)(=O)=O)c(C3CC3)cc12. The number of carbonyl (C=O) groups excluding carboxylic acids is 3. The van der Waals surface area contributed by atoms with E-state index >= 15 is 0 Å². The lowest BCUT2D eigenvalue weighted by molar-refractivity contribution is 0.0472. The van der Waals surface area contributed by atoms with Crippen molar-refractivity contribution in [1.29, 1.82) is 0 Å². The van der Waals surface area contributed by atoms with Crippen LogP contribution < -0.4 is 9.62 Å². The normalized spacial score (nSPS) is 12.4. The molecule has 5 aromatic rings. The molecule has 1 aromatic heterocycles. The molecule has 66 heavy (non-hydrogen) atoms. The number of fused-ring (bicyclic) bond motifs is 1. The van der Waals surface area contributed by atoms with Gasteiger partial charge in [-0.2, -0.15) is 0 Å².